The molecular weight excluding hydrogens is 280 g/mol. The Morgan fingerprint density at radius 1 is 1.40 bits per heavy atom. The maximum atomic E-state index is 11.7. The summed E-state index contributed by atoms with van der Waals surface area (Å²) in [4.78, 5) is 22.8. The van der Waals surface area contributed by atoms with Crippen LogP contribution in [0.15, 0.2) is 18.2 Å². The van der Waals surface area contributed by atoms with Crippen LogP contribution in [0.1, 0.15) is 23.2 Å². The fourth-order valence-corrected chi connectivity index (χ4v) is 3.20. The van der Waals surface area contributed by atoms with Crippen LogP contribution in [0.2, 0.25) is 0 Å². The van der Waals surface area contributed by atoms with Crippen LogP contribution in [0.25, 0.3) is 0 Å². The Kier molecular flexibility index (Phi) is 4.73. The van der Waals surface area contributed by atoms with E-state index >= 15 is 0 Å². The first-order chi connectivity index (χ1) is 9.56. The molecule has 1 aliphatic rings. The van der Waals surface area contributed by atoms with Crippen LogP contribution in [-0.2, 0) is 0 Å². The van der Waals surface area contributed by atoms with Gasteiger partial charge in [-0.3, -0.25) is 0 Å². The van der Waals surface area contributed by atoms with Crippen molar-refractivity contribution in [3.63, 3.8) is 0 Å². The maximum Gasteiger partial charge on any atom is 0.337 e. The van der Waals surface area contributed by atoms with Gasteiger partial charge in [-0.05, 0) is 36.8 Å². The highest BCUT2D eigenvalue weighted by atomic mass is 32.2. The van der Waals surface area contributed by atoms with E-state index < -0.39 is 12.0 Å². The number of aromatic carboxylic acids is 1. The highest BCUT2D eigenvalue weighted by molar-refractivity contribution is 8.00. The number of rotatable bonds is 4. The Bertz CT molecular complexity index is 515. The van der Waals surface area contributed by atoms with Crippen molar-refractivity contribution in [3.05, 3.63) is 23.8 Å². The number of anilines is 1. The van der Waals surface area contributed by atoms with E-state index in [1.54, 1.807) is 0 Å². The Morgan fingerprint density at radius 3 is 2.85 bits per heavy atom. The number of nitrogens with one attached hydrogen (secondary N) is 2. The van der Waals surface area contributed by atoms with Crippen LogP contribution in [0.4, 0.5) is 10.5 Å². The minimum Gasteiger partial charge on any atom is -0.508 e. The number of carboxylic acid groups (broad SMARTS) is 1. The normalized spacial score (nSPS) is 17.7. The third-order valence-electron chi connectivity index (χ3n) is 3.00. The smallest absolute Gasteiger partial charge is 0.337 e. The summed E-state index contributed by atoms with van der Waals surface area (Å²) in [5.41, 5.74) is 0.0160. The number of amides is 2. The van der Waals surface area contributed by atoms with E-state index in [0.717, 1.165) is 18.2 Å². The van der Waals surface area contributed by atoms with Gasteiger partial charge < -0.3 is 20.8 Å². The topological polar surface area (TPSA) is 98.7 Å². The van der Waals surface area contributed by atoms with Gasteiger partial charge in [0.1, 0.15) is 5.75 Å². The van der Waals surface area contributed by atoms with Crippen LogP contribution in [-0.4, -0.2) is 39.8 Å². The largest absolute Gasteiger partial charge is 0.508 e. The molecule has 1 heterocycles. The third kappa shape index (κ3) is 3.80. The van der Waals surface area contributed by atoms with Gasteiger partial charge in [-0.1, -0.05) is 0 Å². The molecule has 4 N–H and O–H groups in total. The van der Waals surface area contributed by atoms with E-state index in [9.17, 15) is 14.7 Å². The number of carbonyl (C=O) groups is 2. The average Bonchev–Trinajstić information content (AvgIpc) is 2.91. The average molecular weight is 296 g/mol. The van der Waals surface area contributed by atoms with Gasteiger partial charge in [0.2, 0.25) is 0 Å². The molecule has 6 nitrogen and oxygen atoms in total. The fourth-order valence-electron chi connectivity index (χ4n) is 2.00. The predicted octanol–water partition coefficient (Wildman–Crippen LogP) is 2.11. The number of aromatic hydroxyl groups is 1. The SMILES string of the molecule is O=C(NCC1CCCS1)Nc1ccc(O)cc1C(=O)O. The molecule has 0 radical (unpaired) electrons. The molecule has 7 heteroatoms. The van der Waals surface area contributed by atoms with Crippen LogP contribution < -0.4 is 10.6 Å². The van der Waals surface area contributed by atoms with E-state index in [1.807, 2.05) is 11.8 Å². The van der Waals surface area contributed by atoms with E-state index in [0.29, 0.717) is 11.8 Å². The highest BCUT2D eigenvalue weighted by Gasteiger charge is 2.17. The molecule has 2 rings (SSSR count). The van der Waals surface area contributed by atoms with Crippen molar-refractivity contribution in [2.75, 3.05) is 17.6 Å². The molecule has 1 aliphatic heterocycles. The van der Waals surface area contributed by atoms with Crippen molar-refractivity contribution in [3.8, 4) is 5.75 Å². The van der Waals surface area contributed by atoms with Gasteiger partial charge >= 0.3 is 12.0 Å². The maximum absolute atomic E-state index is 11.7. The number of benzene rings is 1. The molecule has 1 fully saturated rings. The van der Waals surface area contributed by atoms with Crippen molar-refractivity contribution in [2.24, 2.45) is 0 Å². The summed E-state index contributed by atoms with van der Waals surface area (Å²) >= 11 is 1.83. The van der Waals surface area contributed by atoms with E-state index in [4.69, 9.17) is 5.11 Å². The van der Waals surface area contributed by atoms with Gasteiger partial charge in [0.05, 0.1) is 11.3 Å². The molecule has 1 aromatic rings. The Labute approximate surface area is 120 Å². The molecule has 1 unspecified atom stereocenters. The first-order valence-electron chi connectivity index (χ1n) is 6.29. The van der Waals surface area contributed by atoms with Gasteiger partial charge in [-0.25, -0.2) is 9.59 Å². The van der Waals surface area contributed by atoms with E-state index in [-0.39, 0.29) is 17.0 Å². The van der Waals surface area contributed by atoms with Gasteiger partial charge in [0.25, 0.3) is 0 Å². The molecule has 0 bridgehead atoms. The number of carboxylic acids is 1. The van der Waals surface area contributed by atoms with Crippen molar-refractivity contribution in [2.45, 2.75) is 18.1 Å². The molecule has 1 aromatic carbocycles. The second-order valence-corrected chi connectivity index (χ2v) is 5.91. The molecule has 0 aliphatic carbocycles. The van der Waals surface area contributed by atoms with Crippen molar-refractivity contribution >= 4 is 29.4 Å². The number of carbonyl (C=O) groups excluding carboxylic acids is 1. The lowest BCUT2D eigenvalue weighted by atomic mass is 10.1. The lowest BCUT2D eigenvalue weighted by Gasteiger charge is -2.12. The second kappa shape index (κ2) is 6.51. The lowest BCUT2D eigenvalue weighted by molar-refractivity contribution is 0.0697. The van der Waals surface area contributed by atoms with Crippen molar-refractivity contribution in [1.82, 2.24) is 5.32 Å². The van der Waals surface area contributed by atoms with Gasteiger partial charge in [-0.2, -0.15) is 11.8 Å². The molecule has 108 valence electrons. The quantitative estimate of drug-likeness (QED) is 0.638. The molecule has 1 atom stereocenters. The Hall–Kier alpha value is -1.89. The van der Waals surface area contributed by atoms with E-state index in [1.165, 1.54) is 18.6 Å². The molecule has 0 saturated carbocycles. The second-order valence-electron chi connectivity index (χ2n) is 4.51. The monoisotopic (exact) mass is 296 g/mol. The molecule has 1 saturated heterocycles. The minimum atomic E-state index is -1.21. The van der Waals surface area contributed by atoms with Crippen LogP contribution in [0.5, 0.6) is 5.75 Å². The Balaban J connectivity index is 1.94. The number of hydrogen-bond acceptors (Lipinski definition) is 4. The number of thioether (sulfide) groups is 1. The van der Waals surface area contributed by atoms with Gasteiger partial charge in [-0.15, -0.1) is 0 Å². The summed E-state index contributed by atoms with van der Waals surface area (Å²) in [6.45, 7) is 0.566. The zero-order valence-corrected chi connectivity index (χ0v) is 11.6. The van der Waals surface area contributed by atoms with Crippen molar-refractivity contribution in [1.29, 1.82) is 0 Å². The summed E-state index contributed by atoms with van der Waals surface area (Å²) in [7, 11) is 0. The summed E-state index contributed by atoms with van der Waals surface area (Å²) < 4.78 is 0. The summed E-state index contributed by atoms with van der Waals surface area (Å²) in [6, 6.07) is 3.35. The molecular formula is C13H16N2O4S. The van der Waals surface area contributed by atoms with Crippen LogP contribution in [0.3, 0.4) is 0 Å². The minimum absolute atomic E-state index is 0.143. The standard InChI is InChI=1S/C13H16N2O4S/c16-8-3-4-11(10(6-8)12(17)18)15-13(19)14-7-9-2-1-5-20-9/h3-4,6,9,16H,1-2,5,7H2,(H,17,18)(H2,14,15,19). The molecule has 0 aromatic heterocycles. The zero-order chi connectivity index (χ0) is 14.5. The number of hydrogen-bond donors (Lipinski definition) is 4. The number of urea groups is 1. The summed E-state index contributed by atoms with van der Waals surface area (Å²) in [5.74, 6) is -0.243. The number of phenolic OH excluding ortho intramolecular Hbond substituents is 1. The first kappa shape index (κ1) is 14.5. The predicted molar refractivity (Wildman–Crippen MR) is 77.6 cm³/mol. The molecule has 0 spiro atoms. The first-order valence-corrected chi connectivity index (χ1v) is 7.34. The molecule has 2 amide bonds. The lowest BCUT2D eigenvalue weighted by Crippen LogP contribution is -2.33. The van der Waals surface area contributed by atoms with Crippen molar-refractivity contribution < 1.29 is 19.8 Å². The highest BCUT2D eigenvalue weighted by Crippen LogP contribution is 2.25. The van der Waals surface area contributed by atoms with Crippen LogP contribution >= 0.6 is 11.8 Å². The number of phenols is 1. The van der Waals surface area contributed by atoms with Crippen LogP contribution in [0, 0.1) is 0 Å². The van der Waals surface area contributed by atoms with Gasteiger partial charge in [0, 0.05) is 11.8 Å². The fraction of sp³-hybridized carbons (Fsp3) is 0.385. The third-order valence-corrected chi connectivity index (χ3v) is 4.39. The zero-order valence-electron chi connectivity index (χ0n) is 10.8. The van der Waals surface area contributed by atoms with E-state index in [2.05, 4.69) is 10.6 Å². The Morgan fingerprint density at radius 2 is 2.20 bits per heavy atom. The summed E-state index contributed by atoms with van der Waals surface area (Å²) in [6.07, 6.45) is 2.25. The van der Waals surface area contributed by atoms with Gasteiger partial charge in [0.15, 0.2) is 0 Å². The molecule has 20 heavy (non-hydrogen) atoms. The summed E-state index contributed by atoms with van der Waals surface area (Å²) in [5, 5.41) is 23.9.